The minimum Gasteiger partial charge on any atom is -0.479 e. The van der Waals surface area contributed by atoms with Gasteiger partial charge in [0, 0.05) is 11.3 Å². The average Bonchev–Trinajstić information content (AvgIpc) is 3.06. The molecule has 2 aliphatic rings. The van der Waals surface area contributed by atoms with E-state index < -0.39 is 11.5 Å². The Bertz CT molecular complexity index is 564. The minimum atomic E-state index is -1.09. The number of carbonyl (C=O) groups excluding carboxylic acids is 1. The van der Waals surface area contributed by atoms with Gasteiger partial charge in [-0.15, -0.1) is 0 Å². The fourth-order valence-corrected chi connectivity index (χ4v) is 4.33. The second kappa shape index (κ2) is 5.13. The van der Waals surface area contributed by atoms with E-state index in [1.165, 1.54) is 5.56 Å². The molecule has 1 aliphatic carbocycles. The van der Waals surface area contributed by atoms with E-state index in [-0.39, 0.29) is 5.91 Å². The molecule has 20 heavy (non-hydrogen) atoms. The number of carbonyl (C=O) groups is 2. The highest BCUT2D eigenvalue weighted by Gasteiger charge is 2.43. The summed E-state index contributed by atoms with van der Waals surface area (Å²) in [5.74, 6) is 0.0554. The maximum atomic E-state index is 12.5. The Hall–Kier alpha value is -1.49. The Kier molecular flexibility index (Phi) is 3.46. The van der Waals surface area contributed by atoms with E-state index in [2.05, 4.69) is 11.4 Å². The average molecular weight is 291 g/mol. The number of benzene rings is 1. The van der Waals surface area contributed by atoms with E-state index in [4.69, 9.17) is 0 Å². The Morgan fingerprint density at radius 1 is 1.30 bits per heavy atom. The molecule has 1 aliphatic heterocycles. The molecule has 0 aromatic heterocycles. The molecular weight excluding hydrogens is 274 g/mol. The van der Waals surface area contributed by atoms with Crippen molar-refractivity contribution in [1.29, 1.82) is 0 Å². The van der Waals surface area contributed by atoms with Crippen molar-refractivity contribution in [2.45, 2.75) is 31.2 Å². The van der Waals surface area contributed by atoms with Crippen LogP contribution in [0.3, 0.4) is 0 Å². The lowest BCUT2D eigenvalue weighted by Crippen LogP contribution is -2.54. The third-order valence-corrected chi connectivity index (χ3v) is 5.36. The van der Waals surface area contributed by atoms with Crippen LogP contribution in [0.15, 0.2) is 18.2 Å². The van der Waals surface area contributed by atoms with Crippen LogP contribution in [0, 0.1) is 0 Å². The fourth-order valence-electron chi connectivity index (χ4n) is 3.00. The Labute approximate surface area is 121 Å². The lowest BCUT2D eigenvalue weighted by atomic mass is 9.97. The molecule has 0 radical (unpaired) electrons. The molecule has 1 heterocycles. The van der Waals surface area contributed by atoms with E-state index >= 15 is 0 Å². The number of aliphatic carboxylic acids is 1. The van der Waals surface area contributed by atoms with Crippen LogP contribution in [0.25, 0.3) is 0 Å². The quantitative estimate of drug-likeness (QED) is 0.892. The SMILES string of the molecule is O=C(NC1(C(=O)O)CCSC1)c1cccc2c1CCC2. The van der Waals surface area contributed by atoms with Gasteiger partial charge in [0.15, 0.2) is 0 Å². The van der Waals surface area contributed by atoms with Crippen molar-refractivity contribution < 1.29 is 14.7 Å². The summed E-state index contributed by atoms with van der Waals surface area (Å²) in [7, 11) is 0. The van der Waals surface area contributed by atoms with Gasteiger partial charge >= 0.3 is 5.97 Å². The topological polar surface area (TPSA) is 66.4 Å². The summed E-state index contributed by atoms with van der Waals surface area (Å²) >= 11 is 1.58. The molecule has 1 aromatic carbocycles. The van der Waals surface area contributed by atoms with Gasteiger partial charge in [0.2, 0.25) is 0 Å². The number of hydrogen-bond acceptors (Lipinski definition) is 3. The van der Waals surface area contributed by atoms with Crippen LogP contribution in [-0.4, -0.2) is 34.0 Å². The highest BCUT2D eigenvalue weighted by atomic mass is 32.2. The first-order chi connectivity index (χ1) is 9.62. The minimum absolute atomic E-state index is 0.242. The second-order valence-electron chi connectivity index (χ2n) is 5.44. The van der Waals surface area contributed by atoms with Crippen molar-refractivity contribution in [3.63, 3.8) is 0 Å². The van der Waals surface area contributed by atoms with E-state index in [1.807, 2.05) is 6.07 Å². The molecule has 0 spiro atoms. The van der Waals surface area contributed by atoms with Crippen LogP contribution in [0.1, 0.15) is 34.3 Å². The molecule has 1 atom stereocenters. The zero-order valence-electron chi connectivity index (χ0n) is 11.1. The van der Waals surface area contributed by atoms with Gasteiger partial charge in [0.25, 0.3) is 5.91 Å². The highest BCUT2D eigenvalue weighted by molar-refractivity contribution is 7.99. The molecule has 2 N–H and O–H groups in total. The molecule has 3 rings (SSSR count). The standard InChI is InChI=1S/C15H17NO3S/c17-13(16-15(14(18)19)7-8-20-9-15)12-6-2-4-10-3-1-5-11(10)12/h2,4,6H,1,3,5,7-9H2,(H,16,17)(H,18,19). The molecule has 1 amide bonds. The third kappa shape index (κ3) is 2.20. The first-order valence-electron chi connectivity index (χ1n) is 6.87. The Balaban J connectivity index is 1.87. The smallest absolute Gasteiger partial charge is 0.330 e. The van der Waals surface area contributed by atoms with Crippen molar-refractivity contribution >= 4 is 23.6 Å². The van der Waals surface area contributed by atoms with E-state index in [0.29, 0.717) is 17.7 Å². The van der Waals surface area contributed by atoms with Gasteiger partial charge in [-0.3, -0.25) is 4.79 Å². The van der Waals surface area contributed by atoms with Crippen LogP contribution in [-0.2, 0) is 17.6 Å². The van der Waals surface area contributed by atoms with Gasteiger partial charge in [-0.25, -0.2) is 4.79 Å². The molecule has 106 valence electrons. The lowest BCUT2D eigenvalue weighted by molar-refractivity contribution is -0.143. The number of hydrogen-bond donors (Lipinski definition) is 2. The van der Waals surface area contributed by atoms with Crippen LogP contribution in [0.4, 0.5) is 0 Å². The molecule has 1 saturated heterocycles. The molecular formula is C15H17NO3S. The Morgan fingerprint density at radius 3 is 2.85 bits per heavy atom. The molecule has 0 saturated carbocycles. The maximum Gasteiger partial charge on any atom is 0.330 e. The first kappa shape index (κ1) is 13.5. The zero-order valence-corrected chi connectivity index (χ0v) is 12.0. The first-order valence-corrected chi connectivity index (χ1v) is 8.02. The van der Waals surface area contributed by atoms with E-state index in [0.717, 1.165) is 30.6 Å². The molecule has 4 nitrogen and oxygen atoms in total. The number of rotatable bonds is 3. The van der Waals surface area contributed by atoms with Gasteiger partial charge in [0.05, 0.1) is 0 Å². The predicted molar refractivity (Wildman–Crippen MR) is 78.2 cm³/mol. The van der Waals surface area contributed by atoms with Crippen LogP contribution in [0.2, 0.25) is 0 Å². The van der Waals surface area contributed by atoms with Crippen LogP contribution in [0.5, 0.6) is 0 Å². The normalized spacial score (nSPS) is 24.4. The van der Waals surface area contributed by atoms with Gasteiger partial charge < -0.3 is 10.4 Å². The number of carboxylic acids is 1. The summed E-state index contributed by atoms with van der Waals surface area (Å²) in [4.78, 5) is 24.0. The number of aryl methyl sites for hydroxylation is 1. The summed E-state index contributed by atoms with van der Waals surface area (Å²) in [6.07, 6.45) is 3.48. The molecule has 1 unspecified atom stereocenters. The van der Waals surface area contributed by atoms with Gasteiger partial charge in [-0.2, -0.15) is 11.8 Å². The number of nitrogens with one attached hydrogen (secondary N) is 1. The molecule has 1 fully saturated rings. The van der Waals surface area contributed by atoms with Crippen molar-refractivity contribution in [3.8, 4) is 0 Å². The largest absolute Gasteiger partial charge is 0.479 e. The molecule has 1 aromatic rings. The molecule has 0 bridgehead atoms. The van der Waals surface area contributed by atoms with Gasteiger partial charge in [0.1, 0.15) is 5.54 Å². The van der Waals surface area contributed by atoms with Crippen LogP contribution < -0.4 is 5.32 Å². The number of thioether (sulfide) groups is 1. The number of fused-ring (bicyclic) bond motifs is 1. The van der Waals surface area contributed by atoms with E-state index in [9.17, 15) is 14.7 Å². The zero-order chi connectivity index (χ0) is 14.2. The van der Waals surface area contributed by atoms with E-state index in [1.54, 1.807) is 17.8 Å². The summed E-state index contributed by atoms with van der Waals surface area (Å²) < 4.78 is 0. The van der Waals surface area contributed by atoms with Crippen molar-refractivity contribution in [3.05, 3.63) is 34.9 Å². The van der Waals surface area contributed by atoms with Crippen LogP contribution >= 0.6 is 11.8 Å². The third-order valence-electron chi connectivity index (χ3n) is 4.17. The Morgan fingerprint density at radius 2 is 2.15 bits per heavy atom. The van der Waals surface area contributed by atoms with Gasteiger partial charge in [-0.1, -0.05) is 12.1 Å². The van der Waals surface area contributed by atoms with Crippen molar-refractivity contribution in [2.24, 2.45) is 0 Å². The van der Waals surface area contributed by atoms with Crippen molar-refractivity contribution in [1.82, 2.24) is 5.32 Å². The monoisotopic (exact) mass is 291 g/mol. The number of amides is 1. The molecule has 5 heteroatoms. The number of carboxylic acid groups (broad SMARTS) is 1. The predicted octanol–water partition coefficient (Wildman–Crippen LogP) is 1.87. The maximum absolute atomic E-state index is 12.5. The summed E-state index contributed by atoms with van der Waals surface area (Å²) in [6.45, 7) is 0. The lowest BCUT2D eigenvalue weighted by Gasteiger charge is -2.25. The van der Waals surface area contributed by atoms with Gasteiger partial charge in [-0.05, 0) is 48.6 Å². The summed E-state index contributed by atoms with van der Waals surface area (Å²) in [6, 6.07) is 5.74. The fraction of sp³-hybridized carbons (Fsp3) is 0.467. The van der Waals surface area contributed by atoms with Crippen molar-refractivity contribution in [2.75, 3.05) is 11.5 Å². The second-order valence-corrected chi connectivity index (χ2v) is 6.55. The highest BCUT2D eigenvalue weighted by Crippen LogP contribution is 2.30. The summed E-state index contributed by atoms with van der Waals surface area (Å²) in [5.41, 5.74) is 1.87. The summed E-state index contributed by atoms with van der Waals surface area (Å²) in [5, 5.41) is 12.2.